The second-order valence-corrected chi connectivity index (χ2v) is 6.67. The maximum absolute atomic E-state index is 5.71. The smallest absolute Gasteiger partial charge is 0.203 e. The van der Waals surface area contributed by atoms with Crippen LogP contribution in [0.4, 0.5) is 0 Å². The molecule has 0 aliphatic rings. The molecule has 0 saturated heterocycles. The number of aryl methyl sites for hydroxylation is 1. The molecule has 5 nitrogen and oxygen atoms in total. The molecule has 4 rings (SSSR count). The number of hydrogen-bond donors (Lipinski definition) is 0. The molecule has 0 saturated carbocycles. The summed E-state index contributed by atoms with van der Waals surface area (Å²) in [4.78, 5) is 9.56. The number of ether oxygens (including phenoxy) is 3. The SMILES string of the molecule is COc1ccc(-c2nc(-c3ccc(C)cc3)cc3ncccc23)c(OC)c1OC. The molecular weight excluding hydrogens is 364 g/mol. The van der Waals surface area contributed by atoms with E-state index >= 15 is 0 Å². The van der Waals surface area contributed by atoms with Gasteiger partial charge in [-0.2, -0.15) is 0 Å². The van der Waals surface area contributed by atoms with Crippen LogP contribution in [0.15, 0.2) is 60.8 Å². The van der Waals surface area contributed by atoms with Crippen molar-refractivity contribution in [1.82, 2.24) is 9.97 Å². The summed E-state index contributed by atoms with van der Waals surface area (Å²) in [6.07, 6.45) is 1.79. The maximum Gasteiger partial charge on any atom is 0.203 e. The summed E-state index contributed by atoms with van der Waals surface area (Å²) in [7, 11) is 4.82. The number of hydrogen-bond acceptors (Lipinski definition) is 5. The van der Waals surface area contributed by atoms with E-state index in [1.165, 1.54) is 5.56 Å². The third kappa shape index (κ3) is 3.36. The molecule has 0 aliphatic heterocycles. The summed E-state index contributed by atoms with van der Waals surface area (Å²) in [5.41, 5.74) is 5.55. The summed E-state index contributed by atoms with van der Waals surface area (Å²) in [5, 5.41) is 0.939. The van der Waals surface area contributed by atoms with Crippen LogP contribution >= 0.6 is 0 Å². The Kier molecular flexibility index (Phi) is 5.04. The highest BCUT2D eigenvalue weighted by Gasteiger charge is 2.20. The van der Waals surface area contributed by atoms with Crippen molar-refractivity contribution in [3.8, 4) is 39.8 Å². The first kappa shape index (κ1) is 18.7. The largest absolute Gasteiger partial charge is 0.493 e. The van der Waals surface area contributed by atoms with Gasteiger partial charge in [-0.05, 0) is 37.3 Å². The fourth-order valence-electron chi connectivity index (χ4n) is 3.44. The Hall–Kier alpha value is -3.60. The summed E-state index contributed by atoms with van der Waals surface area (Å²) in [6, 6.07) is 18.0. The molecule has 2 heterocycles. The van der Waals surface area contributed by atoms with Gasteiger partial charge in [-0.3, -0.25) is 4.98 Å². The normalized spacial score (nSPS) is 10.8. The van der Waals surface area contributed by atoms with Gasteiger partial charge in [0, 0.05) is 22.7 Å². The van der Waals surface area contributed by atoms with Crippen LogP contribution in [0.25, 0.3) is 33.4 Å². The van der Waals surface area contributed by atoms with E-state index in [0.717, 1.165) is 33.4 Å². The fraction of sp³-hybridized carbons (Fsp3) is 0.167. The highest BCUT2D eigenvalue weighted by Crippen LogP contribution is 2.45. The van der Waals surface area contributed by atoms with Crippen LogP contribution in [0.2, 0.25) is 0 Å². The van der Waals surface area contributed by atoms with Gasteiger partial charge < -0.3 is 14.2 Å². The minimum atomic E-state index is 0.534. The van der Waals surface area contributed by atoms with Crippen LogP contribution < -0.4 is 14.2 Å². The fourth-order valence-corrected chi connectivity index (χ4v) is 3.44. The topological polar surface area (TPSA) is 53.5 Å². The first-order valence-electron chi connectivity index (χ1n) is 9.28. The molecule has 0 radical (unpaired) electrons. The number of benzene rings is 2. The first-order chi connectivity index (χ1) is 14.2. The Labute approximate surface area is 169 Å². The van der Waals surface area contributed by atoms with Crippen molar-refractivity contribution in [3.05, 3.63) is 66.4 Å². The molecule has 29 heavy (non-hydrogen) atoms. The van der Waals surface area contributed by atoms with E-state index < -0.39 is 0 Å². The molecule has 0 atom stereocenters. The van der Waals surface area contributed by atoms with E-state index in [2.05, 4.69) is 36.2 Å². The Morgan fingerprint density at radius 2 is 1.55 bits per heavy atom. The van der Waals surface area contributed by atoms with Crippen molar-refractivity contribution in [3.63, 3.8) is 0 Å². The zero-order valence-electron chi connectivity index (χ0n) is 16.9. The molecule has 2 aromatic heterocycles. The van der Waals surface area contributed by atoms with Crippen molar-refractivity contribution >= 4 is 10.9 Å². The predicted molar refractivity (Wildman–Crippen MR) is 115 cm³/mol. The van der Waals surface area contributed by atoms with Gasteiger partial charge in [-0.25, -0.2) is 4.98 Å². The maximum atomic E-state index is 5.71. The number of pyridine rings is 2. The molecule has 2 aromatic carbocycles. The zero-order chi connectivity index (χ0) is 20.4. The highest BCUT2D eigenvalue weighted by molar-refractivity contribution is 5.96. The molecule has 0 bridgehead atoms. The molecule has 0 spiro atoms. The third-order valence-corrected chi connectivity index (χ3v) is 4.91. The average Bonchev–Trinajstić information content (AvgIpc) is 2.77. The van der Waals surface area contributed by atoms with Crippen molar-refractivity contribution in [1.29, 1.82) is 0 Å². The second-order valence-electron chi connectivity index (χ2n) is 6.67. The molecule has 146 valence electrons. The predicted octanol–water partition coefficient (Wildman–Crippen LogP) is 5.30. The summed E-state index contributed by atoms with van der Waals surface area (Å²) < 4.78 is 16.7. The van der Waals surface area contributed by atoms with Crippen LogP contribution in [0.5, 0.6) is 17.2 Å². The lowest BCUT2D eigenvalue weighted by Gasteiger charge is -2.17. The number of methoxy groups -OCH3 is 3. The van der Waals surface area contributed by atoms with E-state index in [9.17, 15) is 0 Å². The average molecular weight is 386 g/mol. The van der Waals surface area contributed by atoms with E-state index in [1.807, 2.05) is 30.3 Å². The molecule has 0 N–H and O–H groups in total. The Morgan fingerprint density at radius 3 is 2.24 bits per heavy atom. The quantitative estimate of drug-likeness (QED) is 0.466. The molecule has 4 aromatic rings. The lowest BCUT2D eigenvalue weighted by Crippen LogP contribution is -1.99. The molecule has 0 aliphatic carbocycles. The van der Waals surface area contributed by atoms with Gasteiger partial charge >= 0.3 is 0 Å². The van der Waals surface area contributed by atoms with E-state index in [1.54, 1.807) is 27.5 Å². The van der Waals surface area contributed by atoms with E-state index in [4.69, 9.17) is 19.2 Å². The number of nitrogens with zero attached hydrogens (tertiary/aromatic N) is 2. The van der Waals surface area contributed by atoms with Crippen LogP contribution in [0.1, 0.15) is 5.56 Å². The lowest BCUT2D eigenvalue weighted by atomic mass is 10.0. The van der Waals surface area contributed by atoms with Crippen LogP contribution in [0, 0.1) is 6.92 Å². The molecule has 0 unspecified atom stereocenters. The highest BCUT2D eigenvalue weighted by atomic mass is 16.5. The van der Waals surface area contributed by atoms with Gasteiger partial charge in [-0.15, -0.1) is 0 Å². The zero-order valence-corrected chi connectivity index (χ0v) is 16.9. The standard InChI is InChI=1S/C24H22N2O3/c1-15-7-9-16(10-8-15)19-14-20-17(6-5-13-25-20)22(26-19)18-11-12-21(27-2)24(29-4)23(18)28-3/h5-14H,1-4H3. The van der Waals surface area contributed by atoms with E-state index in [0.29, 0.717) is 17.2 Å². The van der Waals surface area contributed by atoms with Gasteiger partial charge in [0.25, 0.3) is 0 Å². The molecule has 0 amide bonds. The minimum absolute atomic E-state index is 0.534. The Balaban J connectivity index is 2.02. The lowest BCUT2D eigenvalue weighted by molar-refractivity contribution is 0.325. The van der Waals surface area contributed by atoms with Crippen LogP contribution in [-0.4, -0.2) is 31.3 Å². The molecule has 5 heteroatoms. The van der Waals surface area contributed by atoms with Crippen molar-refractivity contribution < 1.29 is 14.2 Å². The minimum Gasteiger partial charge on any atom is -0.493 e. The van der Waals surface area contributed by atoms with Crippen molar-refractivity contribution in [2.45, 2.75) is 6.92 Å². The van der Waals surface area contributed by atoms with Gasteiger partial charge in [0.2, 0.25) is 5.75 Å². The summed E-state index contributed by atoms with van der Waals surface area (Å²) >= 11 is 0. The van der Waals surface area contributed by atoms with Crippen LogP contribution in [0.3, 0.4) is 0 Å². The number of rotatable bonds is 5. The molecular formula is C24H22N2O3. The number of aromatic nitrogens is 2. The van der Waals surface area contributed by atoms with Crippen molar-refractivity contribution in [2.24, 2.45) is 0 Å². The van der Waals surface area contributed by atoms with Gasteiger partial charge in [-0.1, -0.05) is 29.8 Å². The third-order valence-electron chi connectivity index (χ3n) is 4.91. The number of fused-ring (bicyclic) bond motifs is 1. The van der Waals surface area contributed by atoms with E-state index in [-0.39, 0.29) is 0 Å². The summed E-state index contributed by atoms with van der Waals surface area (Å²) in [5.74, 6) is 1.71. The molecule has 0 fully saturated rings. The Morgan fingerprint density at radius 1 is 0.793 bits per heavy atom. The van der Waals surface area contributed by atoms with Gasteiger partial charge in [0.1, 0.15) is 0 Å². The first-order valence-corrected chi connectivity index (χ1v) is 9.28. The van der Waals surface area contributed by atoms with Gasteiger partial charge in [0.15, 0.2) is 11.5 Å². The van der Waals surface area contributed by atoms with Gasteiger partial charge in [0.05, 0.1) is 38.2 Å². The summed E-state index contributed by atoms with van der Waals surface area (Å²) in [6.45, 7) is 2.07. The Bertz CT molecular complexity index is 1170. The van der Waals surface area contributed by atoms with Crippen LogP contribution in [-0.2, 0) is 0 Å². The second kappa shape index (κ2) is 7.80. The monoisotopic (exact) mass is 386 g/mol. The van der Waals surface area contributed by atoms with Crippen molar-refractivity contribution in [2.75, 3.05) is 21.3 Å².